The van der Waals surface area contributed by atoms with Crippen LogP contribution in [-0.4, -0.2) is 5.16 Å². The molecule has 2 saturated carbocycles. The van der Waals surface area contributed by atoms with Crippen molar-refractivity contribution in [2.45, 2.75) is 85.5 Å². The minimum absolute atomic E-state index is 0.544. The Morgan fingerprint density at radius 3 is 2.15 bits per heavy atom. The highest BCUT2D eigenvalue weighted by atomic mass is 32.1. The molecule has 2 fully saturated rings. The van der Waals surface area contributed by atoms with Gasteiger partial charge in [-0.05, 0) is 47.7 Å². The summed E-state index contributed by atoms with van der Waals surface area (Å²) < 4.78 is 0. The Morgan fingerprint density at radius 1 is 1.05 bits per heavy atom. The normalized spacial score (nSPS) is 33.7. The molecule has 0 saturated heterocycles. The molecule has 0 amide bonds. The Bertz CT molecular complexity index is 324. The molecule has 0 aromatic heterocycles. The average molecular weight is 296 g/mol. The van der Waals surface area contributed by atoms with E-state index in [1.165, 1.54) is 57.8 Å². The molecule has 2 rings (SSSR count). The third-order valence-corrected chi connectivity index (χ3v) is 6.62. The quantitative estimate of drug-likeness (QED) is 0.457. The number of rotatable bonds is 2. The number of hydrogen-bond donors (Lipinski definition) is 1. The lowest BCUT2D eigenvalue weighted by Gasteiger charge is -2.54. The van der Waals surface area contributed by atoms with Crippen LogP contribution in [0.15, 0.2) is 0 Å². The van der Waals surface area contributed by atoms with Gasteiger partial charge in [0.2, 0.25) is 0 Å². The van der Waals surface area contributed by atoms with Crippen molar-refractivity contribution in [3.63, 3.8) is 0 Å². The van der Waals surface area contributed by atoms with E-state index in [9.17, 15) is 0 Å². The molecule has 0 spiro atoms. The van der Waals surface area contributed by atoms with Crippen molar-refractivity contribution >= 4 is 17.4 Å². The highest BCUT2D eigenvalue weighted by Gasteiger charge is 2.47. The maximum atomic E-state index is 5.77. The van der Waals surface area contributed by atoms with Gasteiger partial charge < -0.3 is 0 Å². The van der Waals surface area contributed by atoms with Crippen molar-refractivity contribution < 1.29 is 0 Å². The maximum Gasteiger partial charge on any atom is 0.0554 e. The number of thiocarbonyl (C=S) groups is 1. The lowest BCUT2D eigenvalue weighted by Crippen LogP contribution is -2.44. The number of isothiocyanates is 1. The molecule has 0 aromatic carbocycles. The molecule has 0 aliphatic heterocycles. The second kappa shape index (κ2) is 7.71. The Balaban J connectivity index is 0.000000612. The van der Waals surface area contributed by atoms with E-state index in [1.807, 2.05) is 0 Å². The first-order chi connectivity index (χ1) is 9.37. The third kappa shape index (κ3) is 4.15. The summed E-state index contributed by atoms with van der Waals surface area (Å²) in [5.74, 6) is 1.95. The van der Waals surface area contributed by atoms with E-state index in [1.54, 1.807) is 5.16 Å². The summed E-state index contributed by atoms with van der Waals surface area (Å²) in [4.78, 5) is 0. The minimum atomic E-state index is 0.544. The number of hydrogen-bond acceptors (Lipinski definition) is 2. The summed E-state index contributed by atoms with van der Waals surface area (Å²) in [6.45, 7) is 10.2. The predicted octanol–water partition coefficient (Wildman–Crippen LogP) is 6.48. The molecule has 2 atom stereocenters. The zero-order valence-electron chi connectivity index (χ0n) is 13.9. The summed E-state index contributed by atoms with van der Waals surface area (Å²) >= 11 is 3.81. The van der Waals surface area contributed by atoms with E-state index in [4.69, 9.17) is 5.41 Å². The van der Waals surface area contributed by atoms with Gasteiger partial charge in [-0.25, -0.2) is 5.41 Å². The molecule has 1 nitrogen and oxygen atoms in total. The Kier molecular flexibility index (Phi) is 6.88. The molecule has 2 unspecified atom stereocenters. The average Bonchev–Trinajstić information content (AvgIpc) is 2.39. The lowest BCUT2D eigenvalue weighted by molar-refractivity contribution is -0.0370. The number of nitrogens with one attached hydrogen (secondary N) is 1. The largest absolute Gasteiger partial charge is 0.248 e. The van der Waals surface area contributed by atoms with Crippen LogP contribution >= 0.6 is 12.2 Å². The van der Waals surface area contributed by atoms with E-state index in [0.717, 1.165) is 11.8 Å². The molecule has 0 heterocycles. The molecule has 2 aliphatic carbocycles. The van der Waals surface area contributed by atoms with Crippen molar-refractivity contribution in [2.24, 2.45) is 22.7 Å². The van der Waals surface area contributed by atoms with Crippen molar-refractivity contribution in [3.8, 4) is 0 Å². The van der Waals surface area contributed by atoms with Gasteiger partial charge in [0.1, 0.15) is 0 Å². The van der Waals surface area contributed by atoms with Crippen LogP contribution in [0.1, 0.15) is 85.5 Å². The first-order valence-corrected chi connectivity index (χ1v) is 8.82. The fourth-order valence-corrected chi connectivity index (χ4v) is 4.47. The molecule has 0 aromatic rings. The predicted molar refractivity (Wildman–Crippen MR) is 91.4 cm³/mol. The van der Waals surface area contributed by atoms with Crippen LogP contribution < -0.4 is 0 Å². The van der Waals surface area contributed by atoms with Gasteiger partial charge in [0.15, 0.2) is 0 Å². The van der Waals surface area contributed by atoms with Crippen LogP contribution in [0.5, 0.6) is 0 Å². The highest BCUT2D eigenvalue weighted by molar-refractivity contribution is 7.78. The summed E-state index contributed by atoms with van der Waals surface area (Å²) in [7, 11) is 0. The fourth-order valence-electron chi connectivity index (χ4n) is 4.47. The van der Waals surface area contributed by atoms with Crippen molar-refractivity contribution in [1.82, 2.24) is 0 Å². The molecule has 20 heavy (non-hydrogen) atoms. The maximum absolute atomic E-state index is 5.77. The van der Waals surface area contributed by atoms with Gasteiger partial charge in [0, 0.05) is 0 Å². The SMILES string of the molecule is CC1CCCC(C)(CC2CCCCC2)C1(C)C.N=C=S. The van der Waals surface area contributed by atoms with Crippen LogP contribution in [0.3, 0.4) is 0 Å². The topological polar surface area (TPSA) is 23.9 Å². The molecular weight excluding hydrogens is 262 g/mol. The van der Waals surface area contributed by atoms with E-state index >= 15 is 0 Å². The summed E-state index contributed by atoms with van der Waals surface area (Å²) in [5, 5.41) is 7.36. The third-order valence-electron chi connectivity index (χ3n) is 6.62. The van der Waals surface area contributed by atoms with Crippen LogP contribution in [-0.2, 0) is 0 Å². The van der Waals surface area contributed by atoms with Gasteiger partial charge >= 0.3 is 0 Å². The molecule has 2 aliphatic rings. The van der Waals surface area contributed by atoms with Gasteiger partial charge in [-0.1, -0.05) is 72.6 Å². The zero-order chi connectivity index (χ0) is 15.2. The molecule has 1 N–H and O–H groups in total. The van der Waals surface area contributed by atoms with E-state index < -0.39 is 0 Å². The second-order valence-corrected chi connectivity index (χ2v) is 8.09. The van der Waals surface area contributed by atoms with Gasteiger partial charge in [0.05, 0.1) is 5.16 Å². The smallest absolute Gasteiger partial charge is 0.0554 e. The van der Waals surface area contributed by atoms with Crippen LogP contribution in [0.4, 0.5) is 0 Å². The summed E-state index contributed by atoms with van der Waals surface area (Å²) in [6.07, 6.45) is 13.4. The van der Waals surface area contributed by atoms with E-state index in [0.29, 0.717) is 10.8 Å². The standard InChI is InChI=1S/C17H32.CHNS/c1-14-9-8-12-17(4,16(14,2)3)13-15-10-6-5-7-11-15;2-1-3/h14-15H,5-13H2,1-4H3;2H. The molecule has 0 bridgehead atoms. The van der Waals surface area contributed by atoms with Gasteiger partial charge in [-0.3, -0.25) is 0 Å². The highest BCUT2D eigenvalue weighted by Crippen LogP contribution is 2.57. The molecule has 2 heteroatoms. The monoisotopic (exact) mass is 295 g/mol. The molecule has 116 valence electrons. The van der Waals surface area contributed by atoms with Crippen molar-refractivity contribution in [2.75, 3.05) is 0 Å². The van der Waals surface area contributed by atoms with Crippen LogP contribution in [0, 0.1) is 28.1 Å². The van der Waals surface area contributed by atoms with E-state index in [-0.39, 0.29) is 0 Å². The zero-order valence-corrected chi connectivity index (χ0v) is 14.7. The summed E-state index contributed by atoms with van der Waals surface area (Å²) in [6, 6.07) is 0. The first kappa shape index (κ1) is 17.9. The Hall–Kier alpha value is -0.200. The fraction of sp³-hybridized carbons (Fsp3) is 0.944. The Labute approximate surface area is 131 Å². The molecular formula is C18H33NS. The lowest BCUT2D eigenvalue weighted by atomic mass is 9.51. The Morgan fingerprint density at radius 2 is 1.60 bits per heavy atom. The first-order valence-electron chi connectivity index (χ1n) is 8.41. The summed E-state index contributed by atoms with van der Waals surface area (Å²) in [5.41, 5.74) is 1.15. The van der Waals surface area contributed by atoms with Crippen LogP contribution in [0.2, 0.25) is 0 Å². The van der Waals surface area contributed by atoms with E-state index in [2.05, 4.69) is 39.9 Å². The molecule has 0 radical (unpaired) electrons. The van der Waals surface area contributed by atoms with Crippen LogP contribution in [0.25, 0.3) is 0 Å². The van der Waals surface area contributed by atoms with Gasteiger partial charge in [-0.2, -0.15) is 0 Å². The minimum Gasteiger partial charge on any atom is -0.248 e. The second-order valence-electron chi connectivity index (χ2n) is 7.89. The van der Waals surface area contributed by atoms with Crippen molar-refractivity contribution in [3.05, 3.63) is 0 Å². The van der Waals surface area contributed by atoms with Gasteiger partial charge in [-0.15, -0.1) is 0 Å². The van der Waals surface area contributed by atoms with Crippen molar-refractivity contribution in [1.29, 1.82) is 5.41 Å². The van der Waals surface area contributed by atoms with Gasteiger partial charge in [0.25, 0.3) is 0 Å².